The Morgan fingerprint density at radius 3 is 2.32 bits per heavy atom. The first-order valence-corrected chi connectivity index (χ1v) is 14.8. The number of benzene rings is 2. The average molecular weight is 546 g/mol. The molecule has 0 fully saturated rings. The number of nitrogens with one attached hydrogen (secondary N) is 1. The first kappa shape index (κ1) is 29.3. The maximum Gasteiger partial charge on any atom is 0.244 e. The van der Waals surface area contributed by atoms with Gasteiger partial charge in [0.2, 0.25) is 21.8 Å². The number of nitrogens with zero attached hydrogens (tertiary/aromatic N) is 2. The fourth-order valence-electron chi connectivity index (χ4n) is 4.22. The van der Waals surface area contributed by atoms with E-state index in [4.69, 9.17) is 9.47 Å². The van der Waals surface area contributed by atoms with Crippen LogP contribution in [-0.2, 0) is 26.2 Å². The van der Waals surface area contributed by atoms with Gasteiger partial charge in [-0.2, -0.15) is 0 Å². The Balaban J connectivity index is 1.95. The average Bonchev–Trinajstić information content (AvgIpc) is 2.92. The number of hydrogen-bond donors (Lipinski definition) is 1. The number of amides is 2. The lowest BCUT2D eigenvalue weighted by atomic mass is 10.1. The minimum Gasteiger partial charge on any atom is -0.486 e. The SMILES string of the molecule is CCCCNC(=O)[C@H](CC)N(Cc1ccc(C)cc1)C(=O)CN(c1ccc2c(c1)OCCO2)S(=O)(=O)CC. The van der Waals surface area contributed by atoms with Crippen LogP contribution in [-0.4, -0.2) is 63.2 Å². The van der Waals surface area contributed by atoms with Crippen LogP contribution in [0.25, 0.3) is 0 Å². The molecule has 0 bridgehead atoms. The number of carbonyl (C=O) groups excluding carboxylic acids is 2. The molecule has 0 aliphatic carbocycles. The van der Waals surface area contributed by atoms with Gasteiger partial charge in [-0.15, -0.1) is 0 Å². The van der Waals surface area contributed by atoms with E-state index >= 15 is 0 Å². The van der Waals surface area contributed by atoms with Gasteiger partial charge in [-0.25, -0.2) is 8.42 Å². The first-order valence-electron chi connectivity index (χ1n) is 13.2. The molecule has 9 nitrogen and oxygen atoms in total. The van der Waals surface area contributed by atoms with Crippen molar-refractivity contribution in [1.29, 1.82) is 0 Å². The second kappa shape index (κ2) is 13.5. The van der Waals surface area contributed by atoms with Crippen molar-refractivity contribution in [2.75, 3.05) is 36.4 Å². The molecule has 2 aromatic rings. The Bertz CT molecular complexity index is 1200. The summed E-state index contributed by atoms with van der Waals surface area (Å²) in [6, 6.07) is 11.8. The highest BCUT2D eigenvalue weighted by atomic mass is 32.2. The van der Waals surface area contributed by atoms with Gasteiger partial charge in [0.05, 0.1) is 11.4 Å². The second-order valence-electron chi connectivity index (χ2n) is 9.31. The van der Waals surface area contributed by atoms with Crippen LogP contribution in [0.2, 0.25) is 0 Å². The third kappa shape index (κ3) is 7.40. The van der Waals surface area contributed by atoms with E-state index in [1.807, 2.05) is 45.0 Å². The highest BCUT2D eigenvalue weighted by Crippen LogP contribution is 2.35. The normalized spacial score (nSPS) is 13.5. The molecule has 10 heteroatoms. The van der Waals surface area contributed by atoms with Gasteiger partial charge < -0.3 is 19.7 Å². The highest BCUT2D eigenvalue weighted by molar-refractivity contribution is 7.92. The van der Waals surface area contributed by atoms with Gasteiger partial charge in [0, 0.05) is 19.2 Å². The van der Waals surface area contributed by atoms with E-state index < -0.39 is 28.5 Å². The molecule has 0 spiro atoms. The smallest absolute Gasteiger partial charge is 0.244 e. The molecule has 0 saturated carbocycles. The van der Waals surface area contributed by atoms with Gasteiger partial charge in [0.25, 0.3) is 0 Å². The van der Waals surface area contributed by atoms with Gasteiger partial charge in [0.1, 0.15) is 25.8 Å². The maximum absolute atomic E-state index is 13.9. The van der Waals surface area contributed by atoms with Crippen molar-refractivity contribution in [3.8, 4) is 11.5 Å². The van der Waals surface area contributed by atoms with E-state index in [0.29, 0.717) is 43.4 Å². The van der Waals surface area contributed by atoms with Crippen molar-refractivity contribution < 1.29 is 27.5 Å². The topological polar surface area (TPSA) is 105 Å². The van der Waals surface area contributed by atoms with Crippen LogP contribution < -0.4 is 19.1 Å². The minimum absolute atomic E-state index is 0.181. The molecule has 0 aromatic heterocycles. The lowest BCUT2D eigenvalue weighted by molar-refractivity contribution is -0.140. The zero-order valence-corrected chi connectivity index (χ0v) is 23.6. The van der Waals surface area contributed by atoms with E-state index in [9.17, 15) is 18.0 Å². The van der Waals surface area contributed by atoms with E-state index in [1.165, 1.54) is 11.8 Å². The summed E-state index contributed by atoms with van der Waals surface area (Å²) in [6.45, 7) is 8.42. The molecular weight excluding hydrogens is 506 g/mol. The van der Waals surface area contributed by atoms with Gasteiger partial charge in [0.15, 0.2) is 11.5 Å². The van der Waals surface area contributed by atoms with E-state index in [-0.39, 0.29) is 18.2 Å². The summed E-state index contributed by atoms with van der Waals surface area (Å²) in [5, 5.41) is 2.93. The van der Waals surface area contributed by atoms with Crippen LogP contribution >= 0.6 is 0 Å². The van der Waals surface area contributed by atoms with Crippen molar-refractivity contribution in [2.45, 2.75) is 59.5 Å². The number of sulfonamides is 1. The highest BCUT2D eigenvalue weighted by Gasteiger charge is 2.32. The van der Waals surface area contributed by atoms with Gasteiger partial charge in [-0.1, -0.05) is 50.1 Å². The Morgan fingerprint density at radius 1 is 1.00 bits per heavy atom. The number of aryl methyl sites for hydroxylation is 1. The van der Waals surface area contributed by atoms with Crippen molar-refractivity contribution in [2.24, 2.45) is 0 Å². The molecule has 1 N–H and O–H groups in total. The molecule has 1 aliphatic heterocycles. The number of ether oxygens (including phenoxy) is 2. The molecule has 1 aliphatic rings. The minimum atomic E-state index is -3.83. The predicted octanol–water partition coefficient (Wildman–Crippen LogP) is 3.65. The number of carbonyl (C=O) groups is 2. The third-order valence-corrected chi connectivity index (χ3v) is 8.22. The summed E-state index contributed by atoms with van der Waals surface area (Å²) in [6.07, 6.45) is 2.16. The van der Waals surface area contributed by atoms with Crippen LogP contribution in [0.1, 0.15) is 51.2 Å². The van der Waals surface area contributed by atoms with E-state index in [1.54, 1.807) is 18.2 Å². The lowest BCUT2D eigenvalue weighted by Crippen LogP contribution is -2.52. The molecular formula is C28H39N3O6S. The van der Waals surface area contributed by atoms with Crippen molar-refractivity contribution in [1.82, 2.24) is 10.2 Å². The molecule has 2 aromatic carbocycles. The predicted molar refractivity (Wildman–Crippen MR) is 148 cm³/mol. The molecule has 0 radical (unpaired) electrons. The molecule has 3 rings (SSSR count). The van der Waals surface area contributed by atoms with Crippen LogP contribution in [0.4, 0.5) is 5.69 Å². The van der Waals surface area contributed by atoms with Gasteiger partial charge in [-0.3, -0.25) is 13.9 Å². The molecule has 1 heterocycles. The first-order chi connectivity index (χ1) is 18.2. The van der Waals surface area contributed by atoms with Crippen molar-refractivity contribution in [3.05, 3.63) is 53.6 Å². The number of rotatable bonds is 13. The summed E-state index contributed by atoms with van der Waals surface area (Å²) in [4.78, 5) is 28.5. The standard InChI is InChI=1S/C28H39N3O6S/c1-5-8-15-29-28(33)24(6-2)30(19-22-11-9-21(4)10-12-22)27(32)20-31(38(34,35)7-3)23-13-14-25-26(18-23)37-17-16-36-25/h9-14,18,24H,5-8,15-17,19-20H2,1-4H3,(H,29,33)/t24-/m0/s1. The maximum atomic E-state index is 13.9. The fourth-order valence-corrected chi connectivity index (χ4v) is 5.28. The quantitative estimate of drug-likeness (QED) is 0.385. The molecule has 0 saturated heterocycles. The number of unbranched alkanes of at least 4 members (excludes halogenated alkanes) is 1. The van der Waals surface area contributed by atoms with Crippen LogP contribution in [0.5, 0.6) is 11.5 Å². The van der Waals surface area contributed by atoms with Crippen molar-refractivity contribution >= 4 is 27.5 Å². The fraction of sp³-hybridized carbons (Fsp3) is 0.500. The largest absolute Gasteiger partial charge is 0.486 e. The summed E-state index contributed by atoms with van der Waals surface area (Å²) in [5.74, 6) is 0.0498. The van der Waals surface area contributed by atoms with Crippen molar-refractivity contribution in [3.63, 3.8) is 0 Å². The summed E-state index contributed by atoms with van der Waals surface area (Å²) < 4.78 is 38.6. The molecule has 38 heavy (non-hydrogen) atoms. The second-order valence-corrected chi connectivity index (χ2v) is 11.5. The molecule has 0 unspecified atom stereocenters. The summed E-state index contributed by atoms with van der Waals surface area (Å²) >= 11 is 0. The van der Waals surface area contributed by atoms with Gasteiger partial charge >= 0.3 is 0 Å². The Hall–Kier alpha value is -3.27. The van der Waals surface area contributed by atoms with Crippen LogP contribution in [0, 0.1) is 6.92 Å². The summed E-state index contributed by atoms with van der Waals surface area (Å²) in [5.41, 5.74) is 2.24. The van der Waals surface area contributed by atoms with Crippen LogP contribution in [0.15, 0.2) is 42.5 Å². The zero-order valence-electron chi connectivity index (χ0n) is 22.7. The molecule has 1 atom stereocenters. The summed E-state index contributed by atoms with van der Waals surface area (Å²) in [7, 11) is -3.83. The molecule has 2 amide bonds. The third-order valence-electron chi connectivity index (χ3n) is 6.48. The Labute approximate surface area is 226 Å². The molecule has 208 valence electrons. The Morgan fingerprint density at radius 2 is 1.68 bits per heavy atom. The monoisotopic (exact) mass is 545 g/mol. The van der Waals surface area contributed by atoms with Crippen LogP contribution in [0.3, 0.4) is 0 Å². The Kier molecular flexibility index (Phi) is 10.4. The van der Waals surface area contributed by atoms with Gasteiger partial charge in [-0.05, 0) is 44.4 Å². The number of hydrogen-bond acceptors (Lipinski definition) is 6. The lowest BCUT2D eigenvalue weighted by Gasteiger charge is -2.33. The number of fused-ring (bicyclic) bond motifs is 1. The van der Waals surface area contributed by atoms with E-state index in [0.717, 1.165) is 28.3 Å². The van der Waals surface area contributed by atoms with E-state index in [2.05, 4.69) is 5.32 Å². The number of anilines is 1. The zero-order chi connectivity index (χ0) is 27.7.